The third-order valence-corrected chi connectivity index (χ3v) is 3.80. The standard InChI is InChI=1S/C12H17BrN2O4S/c1-8(2)15-12(16)5-6-19-11-4-3-9(7-10(11)13)20(14,17)18/h3-4,7-8H,5-6H2,1-2H3,(H,15,16)(H2,14,17,18). The fraction of sp³-hybridized carbons (Fsp3) is 0.417. The fourth-order valence-corrected chi connectivity index (χ4v) is 2.61. The molecule has 0 atom stereocenters. The van der Waals surface area contributed by atoms with Gasteiger partial charge in [0.1, 0.15) is 5.75 Å². The lowest BCUT2D eigenvalue weighted by Gasteiger charge is -2.11. The predicted molar refractivity (Wildman–Crippen MR) is 78.9 cm³/mol. The number of ether oxygens (including phenoxy) is 1. The van der Waals surface area contributed by atoms with E-state index in [-0.39, 0.29) is 29.9 Å². The minimum absolute atomic E-state index is 0.00530. The molecule has 20 heavy (non-hydrogen) atoms. The third-order valence-electron chi connectivity index (χ3n) is 2.27. The number of hydrogen-bond donors (Lipinski definition) is 2. The van der Waals surface area contributed by atoms with Crippen LogP contribution in [-0.4, -0.2) is 27.0 Å². The fourth-order valence-electron chi connectivity index (χ4n) is 1.42. The highest BCUT2D eigenvalue weighted by atomic mass is 79.9. The Hall–Kier alpha value is -1.12. The molecule has 112 valence electrons. The SMILES string of the molecule is CC(C)NC(=O)CCOc1ccc(S(N)(=O)=O)cc1Br. The van der Waals surface area contributed by atoms with E-state index in [1.54, 1.807) is 0 Å². The molecule has 0 spiro atoms. The molecule has 0 radical (unpaired) electrons. The molecule has 1 rings (SSSR count). The average Bonchev–Trinajstić information content (AvgIpc) is 2.28. The molecule has 0 aliphatic carbocycles. The second-order valence-corrected chi connectivity index (χ2v) is 6.87. The summed E-state index contributed by atoms with van der Waals surface area (Å²) in [6.45, 7) is 3.95. The summed E-state index contributed by atoms with van der Waals surface area (Å²) in [7, 11) is -3.74. The van der Waals surface area contributed by atoms with Crippen molar-refractivity contribution in [2.75, 3.05) is 6.61 Å². The van der Waals surface area contributed by atoms with E-state index in [4.69, 9.17) is 9.88 Å². The zero-order chi connectivity index (χ0) is 15.3. The van der Waals surface area contributed by atoms with Gasteiger partial charge < -0.3 is 10.1 Å². The van der Waals surface area contributed by atoms with Gasteiger partial charge in [-0.1, -0.05) is 0 Å². The molecule has 0 bridgehead atoms. The first-order valence-electron chi connectivity index (χ1n) is 5.94. The molecule has 0 unspecified atom stereocenters. The summed E-state index contributed by atoms with van der Waals surface area (Å²) in [6.07, 6.45) is 0.224. The number of carbonyl (C=O) groups is 1. The van der Waals surface area contributed by atoms with Gasteiger partial charge in [-0.05, 0) is 48.0 Å². The van der Waals surface area contributed by atoms with Crippen LogP contribution < -0.4 is 15.2 Å². The molecule has 1 aromatic rings. The van der Waals surface area contributed by atoms with Crippen LogP contribution >= 0.6 is 15.9 Å². The summed E-state index contributed by atoms with van der Waals surface area (Å²) in [4.78, 5) is 11.4. The highest BCUT2D eigenvalue weighted by Crippen LogP contribution is 2.27. The van der Waals surface area contributed by atoms with Crippen molar-refractivity contribution in [2.45, 2.75) is 31.2 Å². The lowest BCUT2D eigenvalue weighted by atomic mass is 10.3. The number of nitrogens with one attached hydrogen (secondary N) is 1. The molecule has 0 aliphatic heterocycles. The van der Waals surface area contributed by atoms with Crippen LogP contribution in [0.4, 0.5) is 0 Å². The predicted octanol–water partition coefficient (Wildman–Crippen LogP) is 1.39. The molecule has 0 saturated heterocycles. The second kappa shape index (κ2) is 7.05. The van der Waals surface area contributed by atoms with Crippen LogP contribution in [0, 0.1) is 0 Å². The molecule has 0 heterocycles. The van der Waals surface area contributed by atoms with Crippen molar-refractivity contribution in [1.29, 1.82) is 0 Å². The number of halogens is 1. The molecule has 3 N–H and O–H groups in total. The maximum Gasteiger partial charge on any atom is 0.238 e. The molecule has 1 amide bonds. The molecule has 0 aromatic heterocycles. The van der Waals surface area contributed by atoms with Crippen LogP contribution in [0.2, 0.25) is 0 Å². The smallest absolute Gasteiger partial charge is 0.238 e. The van der Waals surface area contributed by atoms with Crippen molar-refractivity contribution in [3.05, 3.63) is 22.7 Å². The largest absolute Gasteiger partial charge is 0.492 e. The topological polar surface area (TPSA) is 98.5 Å². The van der Waals surface area contributed by atoms with Crippen LogP contribution in [0.25, 0.3) is 0 Å². The number of rotatable bonds is 6. The van der Waals surface area contributed by atoms with Gasteiger partial charge in [0, 0.05) is 6.04 Å². The van der Waals surface area contributed by atoms with Crippen molar-refractivity contribution in [2.24, 2.45) is 5.14 Å². The number of sulfonamides is 1. The molecule has 6 nitrogen and oxygen atoms in total. The van der Waals surface area contributed by atoms with E-state index >= 15 is 0 Å². The number of hydrogen-bond acceptors (Lipinski definition) is 4. The maximum atomic E-state index is 11.4. The van der Waals surface area contributed by atoms with E-state index in [0.717, 1.165) is 0 Å². The van der Waals surface area contributed by atoms with Gasteiger partial charge in [-0.2, -0.15) is 0 Å². The Labute approximate surface area is 126 Å². The van der Waals surface area contributed by atoms with Gasteiger partial charge in [-0.25, -0.2) is 13.6 Å². The summed E-state index contributed by atoms with van der Waals surface area (Å²) in [5, 5.41) is 7.77. The third kappa shape index (κ3) is 5.48. The van der Waals surface area contributed by atoms with Gasteiger partial charge in [0.15, 0.2) is 0 Å². The summed E-state index contributed by atoms with van der Waals surface area (Å²) in [5.74, 6) is 0.354. The Kier molecular flexibility index (Phi) is 5.97. The van der Waals surface area contributed by atoms with Crippen molar-refractivity contribution < 1.29 is 17.9 Å². The summed E-state index contributed by atoms with van der Waals surface area (Å²) in [6, 6.07) is 4.29. The van der Waals surface area contributed by atoms with Crippen LogP contribution in [-0.2, 0) is 14.8 Å². The van der Waals surface area contributed by atoms with Crippen LogP contribution in [0.15, 0.2) is 27.6 Å². The van der Waals surface area contributed by atoms with Crippen molar-refractivity contribution in [3.8, 4) is 5.75 Å². The first-order chi connectivity index (χ1) is 9.20. The van der Waals surface area contributed by atoms with Crippen LogP contribution in [0.3, 0.4) is 0 Å². The lowest BCUT2D eigenvalue weighted by Crippen LogP contribution is -2.31. The average molecular weight is 365 g/mol. The van der Waals surface area contributed by atoms with E-state index in [2.05, 4.69) is 21.2 Å². The zero-order valence-electron chi connectivity index (χ0n) is 11.2. The van der Waals surface area contributed by atoms with Gasteiger partial charge in [-0.3, -0.25) is 4.79 Å². The Morgan fingerprint density at radius 2 is 2.10 bits per heavy atom. The van der Waals surface area contributed by atoms with Crippen molar-refractivity contribution in [1.82, 2.24) is 5.32 Å². The molecular formula is C12H17BrN2O4S. The van der Waals surface area contributed by atoms with E-state index < -0.39 is 10.0 Å². The highest BCUT2D eigenvalue weighted by molar-refractivity contribution is 9.10. The normalized spacial score (nSPS) is 11.4. The van der Waals surface area contributed by atoms with Crippen molar-refractivity contribution in [3.63, 3.8) is 0 Å². The van der Waals surface area contributed by atoms with Crippen LogP contribution in [0.5, 0.6) is 5.75 Å². The highest BCUT2D eigenvalue weighted by Gasteiger charge is 2.11. The maximum absolute atomic E-state index is 11.4. The number of nitrogens with two attached hydrogens (primary N) is 1. The van der Waals surface area contributed by atoms with E-state index in [9.17, 15) is 13.2 Å². The summed E-state index contributed by atoms with van der Waals surface area (Å²) in [5.41, 5.74) is 0. The molecule has 0 saturated carbocycles. The van der Waals surface area contributed by atoms with Crippen LogP contribution in [0.1, 0.15) is 20.3 Å². The first kappa shape index (κ1) is 16.9. The summed E-state index contributed by atoms with van der Waals surface area (Å²) < 4.78 is 28.2. The van der Waals surface area contributed by atoms with E-state index in [1.165, 1.54) is 18.2 Å². The Balaban J connectivity index is 2.60. The molecule has 1 aromatic carbocycles. The minimum atomic E-state index is -3.74. The van der Waals surface area contributed by atoms with Crippen molar-refractivity contribution >= 4 is 31.9 Å². The number of amides is 1. The minimum Gasteiger partial charge on any atom is -0.492 e. The Morgan fingerprint density at radius 3 is 2.60 bits per heavy atom. The van der Waals surface area contributed by atoms with E-state index in [0.29, 0.717) is 10.2 Å². The number of benzene rings is 1. The Bertz CT molecular complexity index is 587. The second-order valence-electron chi connectivity index (χ2n) is 4.46. The molecule has 8 heteroatoms. The summed E-state index contributed by atoms with van der Waals surface area (Å²) >= 11 is 3.20. The van der Waals surface area contributed by atoms with Gasteiger partial charge in [0.25, 0.3) is 0 Å². The zero-order valence-corrected chi connectivity index (χ0v) is 13.6. The lowest BCUT2D eigenvalue weighted by molar-refractivity contribution is -0.122. The number of carbonyl (C=O) groups excluding carboxylic acids is 1. The monoisotopic (exact) mass is 364 g/mol. The first-order valence-corrected chi connectivity index (χ1v) is 8.28. The van der Waals surface area contributed by atoms with E-state index in [1.807, 2.05) is 13.8 Å². The molecular weight excluding hydrogens is 348 g/mol. The van der Waals surface area contributed by atoms with Gasteiger partial charge in [0.2, 0.25) is 15.9 Å². The van der Waals surface area contributed by atoms with Gasteiger partial charge in [-0.15, -0.1) is 0 Å². The van der Waals surface area contributed by atoms with Gasteiger partial charge >= 0.3 is 0 Å². The quantitative estimate of drug-likeness (QED) is 0.796. The molecule has 0 fully saturated rings. The van der Waals surface area contributed by atoms with Gasteiger partial charge in [0.05, 0.1) is 22.4 Å². The molecule has 0 aliphatic rings. The Morgan fingerprint density at radius 1 is 1.45 bits per heavy atom. The number of primary sulfonamides is 1.